The maximum absolute atomic E-state index is 13.1. The smallest absolute Gasteiger partial charge is 0.341 e. The van der Waals surface area contributed by atoms with Crippen LogP contribution in [0, 0.1) is 10.5 Å². The fourth-order valence-electron chi connectivity index (χ4n) is 2.96. The first-order valence-electron chi connectivity index (χ1n) is 9.02. The second-order valence-corrected chi connectivity index (χ2v) is 8.20. The lowest BCUT2D eigenvalue weighted by Crippen LogP contribution is -2.54. The summed E-state index contributed by atoms with van der Waals surface area (Å²) in [5.41, 5.74) is 0.997. The quantitative estimate of drug-likeness (QED) is 0.310. The molecule has 0 bridgehead atoms. The number of hydrogen-bond donors (Lipinski definition) is 2. The molecule has 2 aromatic carbocycles. The summed E-state index contributed by atoms with van der Waals surface area (Å²) in [6.45, 7) is 1.14. The van der Waals surface area contributed by atoms with Crippen molar-refractivity contribution in [2.24, 2.45) is 0 Å². The number of halogens is 2. The summed E-state index contributed by atoms with van der Waals surface area (Å²) in [7, 11) is 1.37. The summed E-state index contributed by atoms with van der Waals surface area (Å²) in [5, 5.41) is 11.3. The fourth-order valence-corrected chi connectivity index (χ4v) is 3.91. The molecular formula is C21H16ClIN2O7. The number of amides is 4. The lowest BCUT2D eigenvalue weighted by molar-refractivity contribution is -0.139. The number of nitrogens with one attached hydrogen (secondary N) is 1. The number of methoxy groups -OCH3 is 1. The second kappa shape index (κ2) is 9.57. The Kier molecular flexibility index (Phi) is 7.04. The predicted octanol–water partition coefficient (Wildman–Crippen LogP) is 3.39. The molecule has 2 N–H and O–H groups in total. The van der Waals surface area contributed by atoms with E-state index in [9.17, 15) is 19.2 Å². The summed E-state index contributed by atoms with van der Waals surface area (Å²) in [6.07, 6.45) is 1.31. The molecular weight excluding hydrogens is 555 g/mol. The molecule has 0 unspecified atom stereocenters. The van der Waals surface area contributed by atoms with E-state index in [1.807, 2.05) is 22.6 Å². The highest BCUT2D eigenvalue weighted by Crippen LogP contribution is 2.35. The number of aryl methyl sites for hydroxylation is 1. The Morgan fingerprint density at radius 2 is 1.97 bits per heavy atom. The van der Waals surface area contributed by atoms with Gasteiger partial charge in [-0.25, -0.2) is 14.5 Å². The maximum atomic E-state index is 13.1. The molecule has 2 aromatic rings. The van der Waals surface area contributed by atoms with Gasteiger partial charge in [0.15, 0.2) is 18.1 Å². The van der Waals surface area contributed by atoms with E-state index in [1.165, 1.54) is 25.3 Å². The highest BCUT2D eigenvalue weighted by Gasteiger charge is 2.37. The van der Waals surface area contributed by atoms with E-state index < -0.39 is 30.4 Å². The van der Waals surface area contributed by atoms with Gasteiger partial charge in [0.1, 0.15) is 5.57 Å². The number of carbonyl (C=O) groups is 4. The number of urea groups is 1. The van der Waals surface area contributed by atoms with Crippen LogP contribution in [0.1, 0.15) is 11.1 Å². The summed E-state index contributed by atoms with van der Waals surface area (Å²) >= 11 is 7.94. The van der Waals surface area contributed by atoms with Gasteiger partial charge in [0.25, 0.3) is 11.8 Å². The maximum Gasteiger partial charge on any atom is 0.341 e. The van der Waals surface area contributed by atoms with E-state index in [0.717, 1.165) is 4.90 Å². The molecule has 32 heavy (non-hydrogen) atoms. The number of ether oxygens (including phenoxy) is 2. The number of barbiturate groups is 1. The molecule has 4 amide bonds. The second-order valence-electron chi connectivity index (χ2n) is 6.61. The molecule has 1 aliphatic rings. The molecule has 166 valence electrons. The van der Waals surface area contributed by atoms with Crippen molar-refractivity contribution in [3.05, 3.63) is 55.6 Å². The zero-order valence-corrected chi connectivity index (χ0v) is 19.7. The molecule has 0 saturated carbocycles. The zero-order valence-electron chi connectivity index (χ0n) is 16.8. The Balaban J connectivity index is 2.03. The molecule has 0 atom stereocenters. The lowest BCUT2D eigenvalue weighted by Gasteiger charge is -2.27. The van der Waals surface area contributed by atoms with Gasteiger partial charge in [-0.2, -0.15) is 0 Å². The van der Waals surface area contributed by atoms with Crippen molar-refractivity contribution in [3.63, 3.8) is 0 Å². The van der Waals surface area contributed by atoms with Gasteiger partial charge >= 0.3 is 12.0 Å². The van der Waals surface area contributed by atoms with E-state index in [-0.39, 0.29) is 22.8 Å². The Morgan fingerprint density at radius 3 is 2.62 bits per heavy atom. The number of anilines is 1. The number of nitrogens with zero attached hydrogens (tertiary/aromatic N) is 1. The van der Waals surface area contributed by atoms with Crippen molar-refractivity contribution in [3.8, 4) is 11.5 Å². The van der Waals surface area contributed by atoms with Crippen LogP contribution >= 0.6 is 34.2 Å². The Bertz CT molecular complexity index is 1180. The van der Waals surface area contributed by atoms with Crippen LogP contribution in [0.15, 0.2) is 35.9 Å². The first kappa shape index (κ1) is 23.5. The van der Waals surface area contributed by atoms with Gasteiger partial charge < -0.3 is 14.6 Å². The van der Waals surface area contributed by atoms with Gasteiger partial charge in [0.05, 0.1) is 16.4 Å². The number of hydrogen-bond acceptors (Lipinski definition) is 6. The zero-order chi connectivity index (χ0) is 23.6. The van der Waals surface area contributed by atoms with Crippen molar-refractivity contribution in [2.75, 3.05) is 18.6 Å². The van der Waals surface area contributed by atoms with Crippen molar-refractivity contribution < 1.29 is 33.8 Å². The van der Waals surface area contributed by atoms with Crippen LogP contribution in [-0.4, -0.2) is 42.6 Å². The normalized spacial score (nSPS) is 15.1. The number of carboxylic acids is 1. The lowest BCUT2D eigenvalue weighted by atomic mass is 10.1. The van der Waals surface area contributed by atoms with E-state index in [0.29, 0.717) is 19.7 Å². The predicted molar refractivity (Wildman–Crippen MR) is 124 cm³/mol. The molecule has 1 heterocycles. The van der Waals surface area contributed by atoms with Gasteiger partial charge in [0.2, 0.25) is 0 Å². The molecule has 1 saturated heterocycles. The topological polar surface area (TPSA) is 122 Å². The standard InChI is InChI=1S/C21H16ClIN2O7/c1-10-3-4-12(22)8-15(10)25-20(29)13(19(28)24-21(25)30)5-11-6-14(23)18(16(7-11)31-2)32-9-17(26)27/h3-8H,9H2,1-2H3,(H,26,27)(H,24,28,30)/b13-5+. The van der Waals surface area contributed by atoms with Gasteiger partial charge in [-0.05, 0) is 71.0 Å². The first-order valence-corrected chi connectivity index (χ1v) is 10.5. The van der Waals surface area contributed by atoms with Crippen LogP contribution < -0.4 is 19.7 Å². The van der Waals surface area contributed by atoms with E-state index in [2.05, 4.69) is 5.32 Å². The number of aliphatic carboxylic acids is 1. The molecule has 0 aromatic heterocycles. The van der Waals surface area contributed by atoms with Crippen LogP contribution in [0.4, 0.5) is 10.5 Å². The monoisotopic (exact) mass is 570 g/mol. The van der Waals surface area contributed by atoms with Crippen molar-refractivity contribution >= 4 is 69.8 Å². The van der Waals surface area contributed by atoms with Crippen molar-refractivity contribution in [1.82, 2.24) is 5.32 Å². The number of benzene rings is 2. The average molecular weight is 571 g/mol. The Hall–Kier alpha value is -3.12. The third kappa shape index (κ3) is 4.86. The highest BCUT2D eigenvalue weighted by molar-refractivity contribution is 14.1. The van der Waals surface area contributed by atoms with Crippen LogP contribution in [0.5, 0.6) is 11.5 Å². The van der Waals surface area contributed by atoms with Gasteiger partial charge in [0, 0.05) is 5.02 Å². The third-order valence-electron chi connectivity index (χ3n) is 4.42. The number of carboxylic acid groups (broad SMARTS) is 1. The number of carbonyl (C=O) groups excluding carboxylic acids is 3. The fraction of sp³-hybridized carbons (Fsp3) is 0.143. The van der Waals surface area contributed by atoms with Crippen LogP contribution in [0.3, 0.4) is 0 Å². The largest absolute Gasteiger partial charge is 0.493 e. The minimum Gasteiger partial charge on any atom is -0.493 e. The van der Waals surface area contributed by atoms with Gasteiger partial charge in [-0.3, -0.25) is 14.9 Å². The van der Waals surface area contributed by atoms with Crippen LogP contribution in [0.2, 0.25) is 5.02 Å². The van der Waals surface area contributed by atoms with Gasteiger partial charge in [-0.15, -0.1) is 0 Å². The molecule has 3 rings (SSSR count). The summed E-state index contributed by atoms with van der Waals surface area (Å²) in [4.78, 5) is 49.6. The van der Waals surface area contributed by atoms with Crippen molar-refractivity contribution in [1.29, 1.82) is 0 Å². The third-order valence-corrected chi connectivity index (χ3v) is 5.45. The molecule has 11 heteroatoms. The molecule has 0 radical (unpaired) electrons. The van der Waals surface area contributed by atoms with Crippen molar-refractivity contribution in [2.45, 2.75) is 6.92 Å². The van der Waals surface area contributed by atoms with E-state index in [4.69, 9.17) is 26.2 Å². The Labute approximate surface area is 201 Å². The SMILES string of the molecule is COc1cc(/C=C2\C(=O)NC(=O)N(c3cc(Cl)ccc3C)C2=O)cc(I)c1OCC(=O)O. The summed E-state index contributed by atoms with van der Waals surface area (Å²) in [6, 6.07) is 6.92. The van der Waals surface area contributed by atoms with Crippen LogP contribution in [0.25, 0.3) is 6.08 Å². The molecule has 0 aliphatic carbocycles. The van der Waals surface area contributed by atoms with E-state index in [1.54, 1.807) is 25.1 Å². The minimum absolute atomic E-state index is 0.212. The first-order chi connectivity index (χ1) is 15.1. The molecule has 9 nitrogen and oxygen atoms in total. The number of imide groups is 2. The summed E-state index contributed by atoms with van der Waals surface area (Å²) in [5.74, 6) is -2.39. The molecule has 1 fully saturated rings. The van der Waals surface area contributed by atoms with E-state index >= 15 is 0 Å². The molecule has 1 aliphatic heterocycles. The number of rotatable bonds is 6. The highest BCUT2D eigenvalue weighted by atomic mass is 127. The molecule has 0 spiro atoms. The van der Waals surface area contributed by atoms with Crippen LogP contribution in [-0.2, 0) is 14.4 Å². The average Bonchev–Trinajstić information content (AvgIpc) is 2.72. The van der Waals surface area contributed by atoms with Gasteiger partial charge in [-0.1, -0.05) is 17.7 Å². The minimum atomic E-state index is -1.15. The Morgan fingerprint density at radius 1 is 1.25 bits per heavy atom. The summed E-state index contributed by atoms with van der Waals surface area (Å²) < 4.78 is 11.0.